The quantitative estimate of drug-likeness (QED) is 0.902. The fraction of sp³-hybridized carbons (Fsp3) is 0.667. The van der Waals surface area contributed by atoms with Crippen LogP contribution in [0.15, 0.2) is 12.1 Å². The zero-order chi connectivity index (χ0) is 14.3. The summed E-state index contributed by atoms with van der Waals surface area (Å²) in [5, 5.41) is 9.50. The highest BCUT2D eigenvalue weighted by molar-refractivity contribution is 5.47. The molecule has 2 aliphatic carbocycles. The summed E-state index contributed by atoms with van der Waals surface area (Å²) in [6.45, 7) is 6.49. The molecule has 20 heavy (non-hydrogen) atoms. The van der Waals surface area contributed by atoms with Gasteiger partial charge >= 0.3 is 0 Å². The summed E-state index contributed by atoms with van der Waals surface area (Å²) in [5.74, 6) is 1.94. The number of rotatable bonds is 4. The Labute approximate surface area is 122 Å². The number of fused-ring (bicyclic) bond motifs is 2. The molecule has 2 aliphatic rings. The van der Waals surface area contributed by atoms with Gasteiger partial charge in [0, 0.05) is 5.56 Å². The first-order chi connectivity index (χ1) is 9.50. The molecule has 0 spiro atoms. The third kappa shape index (κ3) is 2.35. The first kappa shape index (κ1) is 13.9. The standard InChI is InChI=1S/C18H26O2/c1-12-8-16(18-6-4-15(10-18)5-7-18)17(9-13(12)2)20-11-14(3)19/h8-9,14-15,19H,4-7,10-11H2,1-3H3. The molecule has 0 radical (unpaired) electrons. The minimum absolute atomic E-state index is 0.358. The summed E-state index contributed by atoms with van der Waals surface area (Å²) in [6, 6.07) is 4.52. The summed E-state index contributed by atoms with van der Waals surface area (Å²) in [4.78, 5) is 0. The average Bonchev–Trinajstić information content (AvgIpc) is 3.01. The minimum Gasteiger partial charge on any atom is -0.491 e. The molecule has 110 valence electrons. The molecule has 3 rings (SSSR count). The predicted molar refractivity (Wildman–Crippen MR) is 81.3 cm³/mol. The van der Waals surface area contributed by atoms with E-state index in [2.05, 4.69) is 26.0 Å². The predicted octanol–water partition coefficient (Wildman–Crippen LogP) is 3.89. The first-order valence-electron chi connectivity index (χ1n) is 7.93. The Morgan fingerprint density at radius 2 is 1.90 bits per heavy atom. The highest BCUT2D eigenvalue weighted by Gasteiger charge is 2.47. The van der Waals surface area contributed by atoms with Gasteiger partial charge in [0.15, 0.2) is 0 Å². The molecule has 0 aliphatic heterocycles. The van der Waals surface area contributed by atoms with Gasteiger partial charge in [-0.15, -0.1) is 0 Å². The molecule has 1 aromatic rings. The molecule has 2 saturated carbocycles. The van der Waals surface area contributed by atoms with Crippen LogP contribution in [0, 0.1) is 19.8 Å². The number of ether oxygens (including phenoxy) is 1. The molecule has 2 bridgehead atoms. The Bertz CT molecular complexity index is 496. The van der Waals surface area contributed by atoms with Gasteiger partial charge in [-0.25, -0.2) is 0 Å². The Kier molecular flexibility index (Phi) is 3.53. The maximum Gasteiger partial charge on any atom is 0.123 e. The summed E-state index contributed by atoms with van der Waals surface area (Å²) in [6.07, 6.45) is 6.30. The van der Waals surface area contributed by atoms with Crippen LogP contribution >= 0.6 is 0 Å². The lowest BCUT2D eigenvalue weighted by Gasteiger charge is -2.30. The SMILES string of the molecule is Cc1cc(OCC(C)O)c(C23CCC(CC2)C3)cc1C. The van der Waals surface area contributed by atoms with E-state index in [9.17, 15) is 5.11 Å². The fourth-order valence-electron chi connectivity index (χ4n) is 4.10. The van der Waals surface area contributed by atoms with Crippen molar-refractivity contribution in [1.82, 2.24) is 0 Å². The van der Waals surface area contributed by atoms with Crippen molar-refractivity contribution in [1.29, 1.82) is 0 Å². The lowest BCUT2D eigenvalue weighted by atomic mass is 9.76. The van der Waals surface area contributed by atoms with Crippen LogP contribution in [0.3, 0.4) is 0 Å². The molecular weight excluding hydrogens is 248 g/mol. The summed E-state index contributed by atoms with van der Waals surface area (Å²) in [5.41, 5.74) is 4.39. The highest BCUT2D eigenvalue weighted by atomic mass is 16.5. The van der Waals surface area contributed by atoms with Crippen LogP contribution in [0.4, 0.5) is 0 Å². The monoisotopic (exact) mass is 274 g/mol. The molecule has 0 amide bonds. The molecule has 0 heterocycles. The second kappa shape index (κ2) is 5.07. The van der Waals surface area contributed by atoms with Crippen LogP contribution in [0.2, 0.25) is 0 Å². The molecule has 1 aromatic carbocycles. The fourth-order valence-corrected chi connectivity index (χ4v) is 4.10. The first-order valence-corrected chi connectivity index (χ1v) is 7.93. The lowest BCUT2D eigenvalue weighted by Crippen LogP contribution is -2.22. The van der Waals surface area contributed by atoms with Gasteiger partial charge in [-0.2, -0.15) is 0 Å². The Hall–Kier alpha value is -1.02. The van der Waals surface area contributed by atoms with Crippen molar-refractivity contribution in [2.45, 2.75) is 64.4 Å². The molecule has 0 aromatic heterocycles. The van der Waals surface area contributed by atoms with E-state index in [4.69, 9.17) is 4.74 Å². The van der Waals surface area contributed by atoms with E-state index in [1.807, 2.05) is 0 Å². The number of benzene rings is 1. The van der Waals surface area contributed by atoms with Crippen LogP contribution in [0.25, 0.3) is 0 Å². The van der Waals surface area contributed by atoms with Crippen molar-refractivity contribution < 1.29 is 9.84 Å². The van der Waals surface area contributed by atoms with E-state index >= 15 is 0 Å². The second-order valence-corrected chi connectivity index (χ2v) is 7.02. The largest absolute Gasteiger partial charge is 0.491 e. The van der Waals surface area contributed by atoms with Gasteiger partial charge in [0.25, 0.3) is 0 Å². The zero-order valence-electron chi connectivity index (χ0n) is 12.9. The van der Waals surface area contributed by atoms with Crippen molar-refractivity contribution in [3.63, 3.8) is 0 Å². The third-order valence-electron chi connectivity index (χ3n) is 5.39. The number of hydrogen-bond acceptors (Lipinski definition) is 2. The minimum atomic E-state index is -0.415. The highest BCUT2D eigenvalue weighted by Crippen LogP contribution is 2.57. The van der Waals surface area contributed by atoms with Gasteiger partial charge in [0.2, 0.25) is 0 Å². The second-order valence-electron chi connectivity index (χ2n) is 7.02. The summed E-state index contributed by atoms with van der Waals surface area (Å²) in [7, 11) is 0. The zero-order valence-corrected chi connectivity index (χ0v) is 12.9. The molecule has 1 unspecified atom stereocenters. The van der Waals surface area contributed by atoms with Crippen LogP contribution in [0.5, 0.6) is 5.75 Å². The van der Waals surface area contributed by atoms with Gasteiger partial charge in [0.1, 0.15) is 12.4 Å². The van der Waals surface area contributed by atoms with Gasteiger partial charge in [-0.05, 0) is 81.4 Å². The van der Waals surface area contributed by atoms with Gasteiger partial charge in [-0.3, -0.25) is 0 Å². The van der Waals surface area contributed by atoms with E-state index in [0.717, 1.165) is 11.7 Å². The topological polar surface area (TPSA) is 29.5 Å². The van der Waals surface area contributed by atoms with E-state index in [1.54, 1.807) is 6.92 Å². The van der Waals surface area contributed by atoms with E-state index in [1.165, 1.54) is 48.8 Å². The maximum absolute atomic E-state index is 9.50. The van der Waals surface area contributed by atoms with Gasteiger partial charge in [0.05, 0.1) is 6.10 Å². The van der Waals surface area contributed by atoms with E-state index in [-0.39, 0.29) is 0 Å². The van der Waals surface area contributed by atoms with Gasteiger partial charge < -0.3 is 9.84 Å². The van der Waals surface area contributed by atoms with Crippen LogP contribution in [-0.2, 0) is 5.41 Å². The molecule has 2 nitrogen and oxygen atoms in total. The Morgan fingerprint density at radius 3 is 2.45 bits per heavy atom. The van der Waals surface area contributed by atoms with Crippen molar-refractivity contribution in [2.75, 3.05) is 6.61 Å². The molecule has 1 atom stereocenters. The summed E-state index contributed by atoms with van der Waals surface area (Å²) >= 11 is 0. The average molecular weight is 274 g/mol. The summed E-state index contributed by atoms with van der Waals surface area (Å²) < 4.78 is 5.94. The van der Waals surface area contributed by atoms with E-state index < -0.39 is 6.10 Å². The number of aryl methyl sites for hydroxylation is 2. The third-order valence-corrected chi connectivity index (χ3v) is 5.39. The Morgan fingerprint density at radius 1 is 1.25 bits per heavy atom. The number of hydrogen-bond donors (Lipinski definition) is 1. The van der Waals surface area contributed by atoms with Crippen molar-refractivity contribution in [2.24, 2.45) is 5.92 Å². The van der Waals surface area contributed by atoms with Crippen molar-refractivity contribution in [3.05, 3.63) is 28.8 Å². The van der Waals surface area contributed by atoms with Crippen LogP contribution in [-0.4, -0.2) is 17.8 Å². The lowest BCUT2D eigenvalue weighted by molar-refractivity contribution is 0.121. The molecule has 1 N–H and O–H groups in total. The van der Waals surface area contributed by atoms with Gasteiger partial charge in [-0.1, -0.05) is 6.07 Å². The molecule has 2 fully saturated rings. The van der Waals surface area contributed by atoms with Crippen LogP contribution in [0.1, 0.15) is 55.7 Å². The molecule has 0 saturated heterocycles. The van der Waals surface area contributed by atoms with Crippen LogP contribution < -0.4 is 4.74 Å². The van der Waals surface area contributed by atoms with E-state index in [0.29, 0.717) is 12.0 Å². The molecular formula is C18H26O2. The molecule has 2 heteroatoms. The van der Waals surface area contributed by atoms with Crippen molar-refractivity contribution in [3.8, 4) is 5.75 Å². The van der Waals surface area contributed by atoms with Crippen molar-refractivity contribution >= 4 is 0 Å². The number of aliphatic hydroxyl groups is 1. The number of aliphatic hydroxyl groups excluding tert-OH is 1. The Balaban J connectivity index is 1.97. The smallest absolute Gasteiger partial charge is 0.123 e. The normalized spacial score (nSPS) is 29.7. The maximum atomic E-state index is 9.50.